The summed E-state index contributed by atoms with van der Waals surface area (Å²) in [7, 11) is 1.68. The molecule has 172 valence electrons. The minimum absolute atomic E-state index is 0.166. The summed E-state index contributed by atoms with van der Waals surface area (Å²) in [6.45, 7) is 3.56. The van der Waals surface area contributed by atoms with E-state index < -0.39 is 0 Å². The topological polar surface area (TPSA) is 72.3 Å². The molecule has 0 bridgehead atoms. The summed E-state index contributed by atoms with van der Waals surface area (Å²) in [6, 6.07) is 14.0. The molecule has 2 fully saturated rings. The number of rotatable bonds is 8. The van der Waals surface area contributed by atoms with E-state index in [1.807, 2.05) is 36.5 Å². The third-order valence-electron chi connectivity index (χ3n) is 7.23. The molecule has 1 aliphatic heterocycles. The fraction of sp³-hybridized carbons (Fsp3) is 0.423. The number of piperidine rings is 1. The van der Waals surface area contributed by atoms with Gasteiger partial charge in [-0.05, 0) is 74.0 Å². The predicted octanol–water partition coefficient (Wildman–Crippen LogP) is 3.24. The van der Waals surface area contributed by atoms with Crippen LogP contribution in [0.15, 0.2) is 61.1 Å². The van der Waals surface area contributed by atoms with E-state index >= 15 is 0 Å². The number of hydrogen-bond donors (Lipinski definition) is 1. The first-order valence-corrected chi connectivity index (χ1v) is 11.7. The van der Waals surface area contributed by atoms with Crippen molar-refractivity contribution in [2.24, 2.45) is 11.3 Å². The Morgan fingerprint density at radius 3 is 2.70 bits per heavy atom. The SMILES string of the molecule is COc1ccccc1CCNC(=O)[C@H]1CC12CCN(Cc1cccn1-c1ncccn1)CC2. The lowest BCUT2D eigenvalue weighted by Crippen LogP contribution is -2.37. The highest BCUT2D eigenvalue weighted by Gasteiger charge is 2.58. The molecule has 2 aliphatic rings. The van der Waals surface area contributed by atoms with Gasteiger partial charge in [-0.1, -0.05) is 18.2 Å². The smallest absolute Gasteiger partial charge is 0.233 e. The monoisotopic (exact) mass is 445 g/mol. The lowest BCUT2D eigenvalue weighted by molar-refractivity contribution is -0.123. The number of nitrogens with one attached hydrogen (secondary N) is 1. The number of ether oxygens (including phenoxy) is 1. The molecule has 1 aromatic carbocycles. The van der Waals surface area contributed by atoms with Crippen molar-refractivity contribution < 1.29 is 9.53 Å². The molecule has 1 saturated carbocycles. The minimum atomic E-state index is 0.166. The Labute approximate surface area is 194 Å². The third-order valence-corrected chi connectivity index (χ3v) is 7.23. The van der Waals surface area contributed by atoms with Crippen LogP contribution in [0.4, 0.5) is 0 Å². The Hall–Kier alpha value is -3.19. The zero-order chi connectivity index (χ0) is 22.7. The largest absolute Gasteiger partial charge is 0.496 e. The van der Waals surface area contributed by atoms with Crippen molar-refractivity contribution >= 4 is 5.91 Å². The summed E-state index contributed by atoms with van der Waals surface area (Å²) in [5, 5.41) is 3.16. The van der Waals surface area contributed by atoms with E-state index in [2.05, 4.69) is 36.9 Å². The molecule has 7 heteroatoms. The fourth-order valence-electron chi connectivity index (χ4n) is 5.17. The Bertz CT molecular complexity index is 1090. The average Bonchev–Trinajstić information content (AvgIpc) is 3.36. The molecule has 33 heavy (non-hydrogen) atoms. The van der Waals surface area contributed by atoms with Gasteiger partial charge >= 0.3 is 0 Å². The quantitative estimate of drug-likeness (QED) is 0.576. The van der Waals surface area contributed by atoms with Crippen molar-refractivity contribution in [1.29, 1.82) is 0 Å². The highest BCUT2D eigenvalue weighted by molar-refractivity contribution is 5.82. The number of nitrogens with zero attached hydrogens (tertiary/aromatic N) is 4. The van der Waals surface area contributed by atoms with Gasteiger partial charge in [-0.25, -0.2) is 9.97 Å². The van der Waals surface area contributed by atoms with Crippen LogP contribution in [-0.2, 0) is 17.8 Å². The van der Waals surface area contributed by atoms with Gasteiger partial charge in [-0.3, -0.25) is 14.3 Å². The van der Waals surface area contributed by atoms with E-state index in [1.54, 1.807) is 19.5 Å². The van der Waals surface area contributed by atoms with Gasteiger partial charge in [0.1, 0.15) is 5.75 Å². The Kier molecular flexibility index (Phi) is 6.13. The van der Waals surface area contributed by atoms with Crippen LogP contribution < -0.4 is 10.1 Å². The normalized spacial score (nSPS) is 19.4. The Balaban J connectivity index is 1.10. The number of para-hydroxylation sites is 1. The number of hydrogen-bond acceptors (Lipinski definition) is 5. The van der Waals surface area contributed by atoms with Gasteiger partial charge in [0.05, 0.1) is 7.11 Å². The molecule has 1 aliphatic carbocycles. The maximum Gasteiger partial charge on any atom is 0.233 e. The molecular formula is C26H31N5O2. The van der Waals surface area contributed by atoms with E-state index in [-0.39, 0.29) is 17.2 Å². The van der Waals surface area contributed by atoms with Crippen LogP contribution in [0.3, 0.4) is 0 Å². The van der Waals surface area contributed by atoms with Crippen molar-refractivity contribution in [3.05, 3.63) is 72.3 Å². The molecular weight excluding hydrogens is 414 g/mol. The molecule has 1 atom stereocenters. The van der Waals surface area contributed by atoms with E-state index in [1.165, 1.54) is 5.69 Å². The van der Waals surface area contributed by atoms with Crippen molar-refractivity contribution in [2.75, 3.05) is 26.7 Å². The van der Waals surface area contributed by atoms with Gasteiger partial charge in [0, 0.05) is 43.3 Å². The maximum atomic E-state index is 12.8. The van der Waals surface area contributed by atoms with Crippen LogP contribution in [0.1, 0.15) is 30.5 Å². The number of carbonyl (C=O) groups is 1. The molecule has 1 amide bonds. The highest BCUT2D eigenvalue weighted by Crippen LogP contribution is 2.59. The van der Waals surface area contributed by atoms with Crippen LogP contribution in [-0.4, -0.2) is 52.1 Å². The summed E-state index contributed by atoms with van der Waals surface area (Å²) in [6.07, 6.45) is 9.53. The van der Waals surface area contributed by atoms with Crippen LogP contribution in [0.5, 0.6) is 5.75 Å². The number of carbonyl (C=O) groups excluding carboxylic acids is 1. The lowest BCUT2D eigenvalue weighted by atomic mass is 9.90. The number of aromatic nitrogens is 3. The molecule has 3 aromatic rings. The van der Waals surface area contributed by atoms with Crippen LogP contribution >= 0.6 is 0 Å². The van der Waals surface area contributed by atoms with Crippen molar-refractivity contribution in [3.8, 4) is 11.7 Å². The molecule has 0 radical (unpaired) electrons. The molecule has 7 nitrogen and oxygen atoms in total. The van der Waals surface area contributed by atoms with Gasteiger partial charge in [0.15, 0.2) is 0 Å². The van der Waals surface area contributed by atoms with E-state index in [4.69, 9.17) is 4.74 Å². The van der Waals surface area contributed by atoms with Gasteiger partial charge < -0.3 is 10.1 Å². The first kappa shape index (κ1) is 21.6. The second-order valence-corrected chi connectivity index (χ2v) is 9.17. The van der Waals surface area contributed by atoms with Crippen LogP contribution in [0.25, 0.3) is 5.95 Å². The number of methoxy groups -OCH3 is 1. The number of amides is 1. The zero-order valence-corrected chi connectivity index (χ0v) is 19.1. The predicted molar refractivity (Wildman–Crippen MR) is 126 cm³/mol. The average molecular weight is 446 g/mol. The standard InChI is InChI=1S/C26H31N5O2/c1-33-23-8-3-2-6-20(23)9-14-27-24(32)22-18-26(22)10-16-30(17-11-26)19-21-7-4-15-31(21)25-28-12-5-13-29-25/h2-8,12-13,15,22H,9-11,14,16-19H2,1H3,(H,27,32)/t22-/m1/s1. The summed E-state index contributed by atoms with van der Waals surface area (Å²) in [5.41, 5.74) is 2.53. The van der Waals surface area contributed by atoms with Gasteiger partial charge in [0.25, 0.3) is 0 Å². The minimum Gasteiger partial charge on any atom is -0.496 e. The second-order valence-electron chi connectivity index (χ2n) is 9.17. The number of benzene rings is 1. The summed E-state index contributed by atoms with van der Waals surface area (Å²) in [4.78, 5) is 24.0. The molecule has 2 aromatic heterocycles. The maximum absolute atomic E-state index is 12.8. The summed E-state index contributed by atoms with van der Waals surface area (Å²) in [5.74, 6) is 1.97. The Morgan fingerprint density at radius 1 is 1.12 bits per heavy atom. The highest BCUT2D eigenvalue weighted by atomic mass is 16.5. The third kappa shape index (κ3) is 4.64. The zero-order valence-electron chi connectivity index (χ0n) is 19.1. The fourth-order valence-corrected chi connectivity index (χ4v) is 5.17. The Morgan fingerprint density at radius 2 is 1.91 bits per heavy atom. The number of likely N-dealkylation sites (tertiary alicyclic amines) is 1. The molecule has 1 N–H and O–H groups in total. The van der Waals surface area contributed by atoms with Crippen LogP contribution in [0, 0.1) is 11.3 Å². The van der Waals surface area contributed by atoms with Crippen molar-refractivity contribution in [1.82, 2.24) is 24.8 Å². The van der Waals surface area contributed by atoms with Crippen molar-refractivity contribution in [3.63, 3.8) is 0 Å². The summed E-state index contributed by atoms with van der Waals surface area (Å²) < 4.78 is 7.46. The molecule has 1 spiro atoms. The molecule has 3 heterocycles. The van der Waals surface area contributed by atoms with Crippen LogP contribution in [0.2, 0.25) is 0 Å². The molecule has 1 saturated heterocycles. The molecule has 5 rings (SSSR count). The first-order valence-electron chi connectivity index (χ1n) is 11.7. The first-order chi connectivity index (χ1) is 16.2. The van der Waals surface area contributed by atoms with E-state index in [9.17, 15) is 4.79 Å². The van der Waals surface area contributed by atoms with Crippen molar-refractivity contribution in [2.45, 2.75) is 32.2 Å². The lowest BCUT2D eigenvalue weighted by Gasteiger charge is -2.32. The van der Waals surface area contributed by atoms with Gasteiger partial charge in [-0.15, -0.1) is 0 Å². The van der Waals surface area contributed by atoms with E-state index in [0.717, 1.165) is 56.6 Å². The second kappa shape index (κ2) is 9.35. The summed E-state index contributed by atoms with van der Waals surface area (Å²) >= 11 is 0. The van der Waals surface area contributed by atoms with E-state index in [0.29, 0.717) is 12.5 Å². The molecule has 0 unspecified atom stereocenters. The van der Waals surface area contributed by atoms with Gasteiger partial charge in [-0.2, -0.15) is 0 Å². The van der Waals surface area contributed by atoms with Gasteiger partial charge in [0.2, 0.25) is 11.9 Å².